The van der Waals surface area contributed by atoms with Crippen LogP contribution in [0.15, 0.2) is 83.3 Å². The zero-order valence-electron chi connectivity index (χ0n) is 12.7. The zero-order chi connectivity index (χ0) is 16.9. The number of carbonyl (C=O) groups excluding carboxylic acids is 1. The van der Waals surface area contributed by atoms with E-state index in [1.165, 1.54) is 24.3 Å². The van der Waals surface area contributed by atoms with E-state index in [4.69, 9.17) is 0 Å². The highest BCUT2D eigenvalue weighted by Crippen LogP contribution is 2.28. The normalized spacial score (nSPS) is 11.8. The van der Waals surface area contributed by atoms with E-state index in [-0.39, 0.29) is 17.8 Å². The molecule has 1 N–H and O–H groups in total. The van der Waals surface area contributed by atoms with E-state index >= 15 is 0 Å². The van der Waals surface area contributed by atoms with Gasteiger partial charge in [0, 0.05) is 10.0 Å². The van der Waals surface area contributed by atoms with Gasteiger partial charge in [0.2, 0.25) is 0 Å². The van der Waals surface area contributed by atoms with Crippen molar-refractivity contribution in [1.29, 1.82) is 0 Å². The standard InChI is InChI=1S/C20H15BrFNO/c21-18-9-5-4-8-17(18)19(14-6-2-1-3-7-14)23-20(24)15-10-12-16(22)13-11-15/h1-13,19H,(H,23,24)/t19-/m1/s1. The molecule has 0 bridgehead atoms. The average molecular weight is 384 g/mol. The van der Waals surface area contributed by atoms with Crippen LogP contribution in [0.5, 0.6) is 0 Å². The molecule has 3 aromatic carbocycles. The van der Waals surface area contributed by atoms with Gasteiger partial charge < -0.3 is 5.32 Å². The quantitative estimate of drug-likeness (QED) is 0.666. The molecule has 1 amide bonds. The van der Waals surface area contributed by atoms with Crippen LogP contribution in [0.25, 0.3) is 0 Å². The van der Waals surface area contributed by atoms with Gasteiger partial charge in [-0.25, -0.2) is 4.39 Å². The number of hydrogen-bond acceptors (Lipinski definition) is 1. The smallest absolute Gasteiger partial charge is 0.252 e. The molecular formula is C20H15BrFNO. The minimum absolute atomic E-state index is 0.250. The van der Waals surface area contributed by atoms with Crippen LogP contribution in [0.2, 0.25) is 0 Å². The third-order valence-corrected chi connectivity index (χ3v) is 4.45. The molecule has 1 atom stereocenters. The van der Waals surface area contributed by atoms with E-state index in [2.05, 4.69) is 21.2 Å². The predicted octanol–water partition coefficient (Wildman–Crippen LogP) is 5.11. The summed E-state index contributed by atoms with van der Waals surface area (Å²) in [6.07, 6.45) is 0. The van der Waals surface area contributed by atoms with Crippen LogP contribution in [0.4, 0.5) is 4.39 Å². The van der Waals surface area contributed by atoms with Crippen molar-refractivity contribution in [1.82, 2.24) is 5.32 Å². The van der Waals surface area contributed by atoms with E-state index < -0.39 is 0 Å². The van der Waals surface area contributed by atoms with Crippen molar-refractivity contribution in [3.63, 3.8) is 0 Å². The second-order valence-electron chi connectivity index (χ2n) is 5.35. The lowest BCUT2D eigenvalue weighted by molar-refractivity contribution is 0.0943. The SMILES string of the molecule is O=C(N[C@H](c1ccccc1)c1ccccc1Br)c1ccc(F)cc1. The van der Waals surface area contributed by atoms with Crippen molar-refractivity contribution < 1.29 is 9.18 Å². The largest absolute Gasteiger partial charge is 0.341 e. The third-order valence-electron chi connectivity index (χ3n) is 3.73. The minimum atomic E-state index is -0.364. The van der Waals surface area contributed by atoms with Gasteiger partial charge in [0.05, 0.1) is 6.04 Å². The summed E-state index contributed by atoms with van der Waals surface area (Å²) in [6, 6.07) is 22.7. The Bertz CT molecular complexity index is 834. The molecule has 24 heavy (non-hydrogen) atoms. The first kappa shape index (κ1) is 16.4. The molecule has 120 valence electrons. The molecule has 0 heterocycles. The Hall–Kier alpha value is -2.46. The van der Waals surface area contributed by atoms with Crippen LogP contribution in [-0.2, 0) is 0 Å². The van der Waals surface area contributed by atoms with Crippen molar-refractivity contribution in [2.75, 3.05) is 0 Å². The Morgan fingerprint density at radius 2 is 1.50 bits per heavy atom. The predicted molar refractivity (Wildman–Crippen MR) is 96.3 cm³/mol. The summed E-state index contributed by atoms with van der Waals surface area (Å²) in [4.78, 5) is 12.6. The maximum Gasteiger partial charge on any atom is 0.252 e. The number of halogens is 2. The highest BCUT2D eigenvalue weighted by molar-refractivity contribution is 9.10. The van der Waals surface area contributed by atoms with Crippen LogP contribution in [-0.4, -0.2) is 5.91 Å². The number of hydrogen-bond donors (Lipinski definition) is 1. The fraction of sp³-hybridized carbons (Fsp3) is 0.0500. The van der Waals surface area contributed by atoms with Crippen molar-refractivity contribution >= 4 is 21.8 Å². The summed E-state index contributed by atoms with van der Waals surface area (Å²) >= 11 is 3.55. The monoisotopic (exact) mass is 383 g/mol. The van der Waals surface area contributed by atoms with Crippen LogP contribution >= 0.6 is 15.9 Å². The second-order valence-corrected chi connectivity index (χ2v) is 6.20. The molecule has 2 nitrogen and oxygen atoms in total. The molecular weight excluding hydrogens is 369 g/mol. The van der Waals surface area contributed by atoms with Crippen LogP contribution in [0.1, 0.15) is 27.5 Å². The summed E-state index contributed by atoms with van der Waals surface area (Å²) in [5.74, 6) is -0.614. The van der Waals surface area contributed by atoms with Gasteiger partial charge in [0.1, 0.15) is 5.82 Å². The van der Waals surface area contributed by atoms with Gasteiger partial charge >= 0.3 is 0 Å². The minimum Gasteiger partial charge on any atom is -0.341 e. The number of carbonyl (C=O) groups is 1. The number of nitrogens with one attached hydrogen (secondary N) is 1. The van der Waals surface area contributed by atoms with E-state index in [1.807, 2.05) is 54.6 Å². The second kappa shape index (κ2) is 7.41. The molecule has 0 aliphatic rings. The molecule has 0 aromatic heterocycles. The van der Waals surface area contributed by atoms with Crippen LogP contribution in [0.3, 0.4) is 0 Å². The zero-order valence-corrected chi connectivity index (χ0v) is 14.3. The molecule has 3 aromatic rings. The Balaban J connectivity index is 1.95. The molecule has 0 aliphatic heterocycles. The average Bonchev–Trinajstić information content (AvgIpc) is 2.61. The topological polar surface area (TPSA) is 29.1 Å². The van der Waals surface area contributed by atoms with Gasteiger partial charge in [-0.1, -0.05) is 64.5 Å². The summed E-state index contributed by atoms with van der Waals surface area (Å²) < 4.78 is 14.0. The highest BCUT2D eigenvalue weighted by atomic mass is 79.9. The Labute approximate surface area is 148 Å². The number of rotatable bonds is 4. The number of benzene rings is 3. The maximum absolute atomic E-state index is 13.1. The molecule has 0 saturated heterocycles. The van der Waals surface area contributed by atoms with Crippen LogP contribution in [0, 0.1) is 5.82 Å². The van der Waals surface area contributed by atoms with E-state index in [0.29, 0.717) is 5.56 Å². The van der Waals surface area contributed by atoms with Gasteiger partial charge in [-0.15, -0.1) is 0 Å². The van der Waals surface area contributed by atoms with Gasteiger partial charge in [-0.2, -0.15) is 0 Å². The van der Waals surface area contributed by atoms with Gasteiger partial charge in [-0.3, -0.25) is 4.79 Å². The highest BCUT2D eigenvalue weighted by Gasteiger charge is 2.19. The fourth-order valence-electron chi connectivity index (χ4n) is 2.51. The Morgan fingerprint density at radius 3 is 2.17 bits per heavy atom. The lowest BCUT2D eigenvalue weighted by atomic mass is 9.98. The molecule has 0 fully saturated rings. The van der Waals surface area contributed by atoms with E-state index in [1.54, 1.807) is 0 Å². The summed E-state index contributed by atoms with van der Waals surface area (Å²) in [6.45, 7) is 0. The molecule has 0 aliphatic carbocycles. The first-order chi connectivity index (χ1) is 11.6. The van der Waals surface area contributed by atoms with Gasteiger partial charge in [0.25, 0.3) is 5.91 Å². The third kappa shape index (κ3) is 3.71. The lowest BCUT2D eigenvalue weighted by Crippen LogP contribution is -2.29. The van der Waals surface area contributed by atoms with Crippen molar-refractivity contribution in [3.05, 3.63) is 106 Å². The molecule has 0 saturated carbocycles. The van der Waals surface area contributed by atoms with Crippen molar-refractivity contribution in [2.24, 2.45) is 0 Å². The lowest BCUT2D eigenvalue weighted by Gasteiger charge is -2.21. The van der Waals surface area contributed by atoms with E-state index in [9.17, 15) is 9.18 Å². The van der Waals surface area contributed by atoms with E-state index in [0.717, 1.165) is 15.6 Å². The summed E-state index contributed by atoms with van der Waals surface area (Å²) in [5, 5.41) is 3.03. The first-order valence-electron chi connectivity index (χ1n) is 7.51. The summed E-state index contributed by atoms with van der Waals surface area (Å²) in [7, 11) is 0. The Kier molecular flexibility index (Phi) is 5.06. The van der Waals surface area contributed by atoms with Gasteiger partial charge in [-0.05, 0) is 41.5 Å². The van der Waals surface area contributed by atoms with Gasteiger partial charge in [0.15, 0.2) is 0 Å². The van der Waals surface area contributed by atoms with Crippen molar-refractivity contribution in [2.45, 2.75) is 6.04 Å². The first-order valence-corrected chi connectivity index (χ1v) is 8.30. The Morgan fingerprint density at radius 1 is 0.875 bits per heavy atom. The molecule has 0 spiro atoms. The molecule has 4 heteroatoms. The number of amides is 1. The summed E-state index contributed by atoms with van der Waals surface area (Å²) in [5.41, 5.74) is 2.35. The van der Waals surface area contributed by atoms with Crippen LogP contribution < -0.4 is 5.32 Å². The fourth-order valence-corrected chi connectivity index (χ4v) is 3.02. The maximum atomic E-state index is 13.1. The molecule has 3 rings (SSSR count). The molecule has 0 radical (unpaired) electrons. The van der Waals surface area contributed by atoms with Crippen molar-refractivity contribution in [3.8, 4) is 0 Å². The molecule has 0 unspecified atom stereocenters.